The molecule has 4 aliphatic carbocycles. The van der Waals surface area contributed by atoms with Gasteiger partial charge in [0.25, 0.3) is 0 Å². The van der Waals surface area contributed by atoms with E-state index in [1.54, 1.807) is 4.90 Å². The van der Waals surface area contributed by atoms with Crippen molar-refractivity contribution >= 4 is 23.3 Å². The highest BCUT2D eigenvalue weighted by atomic mass is 35.5. The van der Waals surface area contributed by atoms with Crippen LogP contribution in [0, 0.1) is 40.4 Å². The maximum Gasteiger partial charge on any atom is 0.228 e. The molecular formula is C24H30ClFN4O2. The van der Waals surface area contributed by atoms with Crippen LogP contribution in [0.15, 0.2) is 23.2 Å². The number of ether oxygens (including phenoxy) is 1. The Labute approximate surface area is 193 Å². The van der Waals surface area contributed by atoms with Crippen LogP contribution in [0.3, 0.4) is 0 Å². The SMILES string of the molecule is CN(C)C(=O)C12CC3CC(C1)C(N=C(NC#N)C(C)(C)Oc1ccc(F)cc1Cl)C(C3)C2. The number of amidine groups is 1. The number of aliphatic imine (C=N–C) groups is 1. The van der Waals surface area contributed by atoms with Crippen molar-refractivity contribution in [1.29, 1.82) is 5.26 Å². The lowest BCUT2D eigenvalue weighted by Gasteiger charge is -2.58. The first-order valence-corrected chi connectivity index (χ1v) is 11.5. The van der Waals surface area contributed by atoms with Gasteiger partial charge in [-0.2, -0.15) is 5.26 Å². The van der Waals surface area contributed by atoms with Gasteiger partial charge in [0.15, 0.2) is 17.6 Å². The van der Waals surface area contributed by atoms with Crippen molar-refractivity contribution in [3.8, 4) is 11.9 Å². The molecule has 4 fully saturated rings. The zero-order chi connectivity index (χ0) is 23.3. The summed E-state index contributed by atoms with van der Waals surface area (Å²) in [4.78, 5) is 19.8. The summed E-state index contributed by atoms with van der Waals surface area (Å²) < 4.78 is 19.5. The zero-order valence-corrected chi connectivity index (χ0v) is 19.7. The standard InChI is InChI=1S/C24H30ClFN4O2/c1-23(2,32-19-6-5-17(26)9-18(19)25)21(28-13-27)29-20-15-7-14-8-16(20)12-24(10-14,11-15)22(31)30(3)4/h5-6,9,14-16,20H,7-8,10-12H2,1-4H3,(H,28,29). The molecule has 32 heavy (non-hydrogen) atoms. The van der Waals surface area contributed by atoms with E-state index in [0.717, 1.165) is 32.1 Å². The van der Waals surface area contributed by atoms with E-state index >= 15 is 0 Å². The molecule has 0 heterocycles. The molecule has 0 aliphatic heterocycles. The van der Waals surface area contributed by atoms with E-state index in [4.69, 9.17) is 21.3 Å². The maximum absolute atomic E-state index is 13.4. The summed E-state index contributed by atoms with van der Waals surface area (Å²) in [7, 11) is 3.68. The lowest BCUT2D eigenvalue weighted by molar-refractivity contribution is -0.156. The van der Waals surface area contributed by atoms with Gasteiger partial charge in [-0.1, -0.05) is 11.6 Å². The minimum Gasteiger partial charge on any atom is -0.478 e. The normalized spacial score (nSPS) is 31.2. The fourth-order valence-corrected chi connectivity index (χ4v) is 6.57. The highest BCUT2D eigenvalue weighted by molar-refractivity contribution is 6.32. The fourth-order valence-electron chi connectivity index (χ4n) is 6.37. The lowest BCUT2D eigenvalue weighted by atomic mass is 9.47. The smallest absolute Gasteiger partial charge is 0.228 e. The van der Waals surface area contributed by atoms with Gasteiger partial charge in [-0.15, -0.1) is 0 Å². The van der Waals surface area contributed by atoms with Gasteiger partial charge in [0.2, 0.25) is 5.91 Å². The number of benzene rings is 1. The van der Waals surface area contributed by atoms with E-state index in [2.05, 4.69) is 5.32 Å². The van der Waals surface area contributed by atoms with E-state index in [0.29, 0.717) is 29.3 Å². The van der Waals surface area contributed by atoms with Gasteiger partial charge in [0.05, 0.1) is 16.5 Å². The molecule has 2 atom stereocenters. The fraction of sp³-hybridized carbons (Fsp3) is 0.625. The Kier molecular flexibility index (Phi) is 5.87. The van der Waals surface area contributed by atoms with Crippen LogP contribution in [0.1, 0.15) is 46.0 Å². The monoisotopic (exact) mass is 460 g/mol. The molecule has 5 rings (SSSR count). The quantitative estimate of drug-likeness (QED) is 0.306. The number of amides is 1. The largest absolute Gasteiger partial charge is 0.478 e. The molecule has 6 nitrogen and oxygen atoms in total. The summed E-state index contributed by atoms with van der Waals surface area (Å²) in [5.41, 5.74) is -1.24. The van der Waals surface area contributed by atoms with Crippen LogP contribution in [0.5, 0.6) is 5.75 Å². The van der Waals surface area contributed by atoms with Gasteiger partial charge in [-0.3, -0.25) is 15.1 Å². The highest BCUT2D eigenvalue weighted by Crippen LogP contribution is 2.61. The number of rotatable bonds is 5. The molecule has 1 aromatic rings. The van der Waals surface area contributed by atoms with E-state index in [-0.39, 0.29) is 22.4 Å². The van der Waals surface area contributed by atoms with Crippen molar-refractivity contribution in [2.45, 2.75) is 57.6 Å². The third kappa shape index (κ3) is 4.05. The lowest BCUT2D eigenvalue weighted by Crippen LogP contribution is -2.58. The second-order valence-electron chi connectivity index (χ2n) is 10.3. The molecule has 172 valence electrons. The van der Waals surface area contributed by atoms with Crippen LogP contribution in [-0.4, -0.2) is 42.4 Å². The van der Waals surface area contributed by atoms with E-state index in [1.165, 1.54) is 18.2 Å². The molecule has 0 saturated heterocycles. The van der Waals surface area contributed by atoms with E-state index < -0.39 is 11.4 Å². The maximum atomic E-state index is 13.4. The predicted molar refractivity (Wildman–Crippen MR) is 121 cm³/mol. The zero-order valence-electron chi connectivity index (χ0n) is 19.0. The van der Waals surface area contributed by atoms with Crippen molar-refractivity contribution < 1.29 is 13.9 Å². The van der Waals surface area contributed by atoms with E-state index in [1.807, 2.05) is 34.1 Å². The number of nitrogens with one attached hydrogen (secondary N) is 1. The van der Waals surface area contributed by atoms with Crippen LogP contribution in [0.25, 0.3) is 0 Å². The molecule has 1 aromatic carbocycles. The van der Waals surface area contributed by atoms with Gasteiger partial charge in [-0.25, -0.2) is 4.39 Å². The minimum atomic E-state index is -0.983. The van der Waals surface area contributed by atoms with Gasteiger partial charge in [0.1, 0.15) is 11.6 Å². The summed E-state index contributed by atoms with van der Waals surface area (Å²) in [6.45, 7) is 3.62. The molecule has 1 N–H and O–H groups in total. The van der Waals surface area contributed by atoms with Crippen molar-refractivity contribution in [2.75, 3.05) is 14.1 Å². The van der Waals surface area contributed by atoms with Crippen molar-refractivity contribution in [3.05, 3.63) is 29.0 Å². The Morgan fingerprint density at radius 1 is 1.31 bits per heavy atom. The number of carbonyl (C=O) groups excluding carboxylic acids is 1. The van der Waals surface area contributed by atoms with Crippen LogP contribution in [0.2, 0.25) is 5.02 Å². The second kappa shape index (κ2) is 8.22. The molecule has 4 bridgehead atoms. The molecule has 4 saturated carbocycles. The number of hydrogen-bond donors (Lipinski definition) is 1. The van der Waals surface area contributed by atoms with Crippen molar-refractivity contribution in [1.82, 2.24) is 10.2 Å². The average molecular weight is 461 g/mol. The first-order valence-electron chi connectivity index (χ1n) is 11.1. The van der Waals surface area contributed by atoms with Crippen LogP contribution in [-0.2, 0) is 4.79 Å². The summed E-state index contributed by atoms with van der Waals surface area (Å²) in [6.07, 6.45) is 6.78. The second-order valence-corrected chi connectivity index (χ2v) is 10.7. The molecule has 8 heteroatoms. The Morgan fingerprint density at radius 3 is 2.53 bits per heavy atom. The highest BCUT2D eigenvalue weighted by Gasteiger charge is 2.59. The molecule has 2 unspecified atom stereocenters. The van der Waals surface area contributed by atoms with Crippen LogP contribution < -0.4 is 10.1 Å². The van der Waals surface area contributed by atoms with Gasteiger partial charge >= 0.3 is 0 Å². The summed E-state index contributed by atoms with van der Waals surface area (Å²) in [5, 5.41) is 12.3. The minimum absolute atomic E-state index is 0.0389. The molecular weight excluding hydrogens is 431 g/mol. The molecule has 0 radical (unpaired) electrons. The molecule has 0 spiro atoms. The first kappa shape index (κ1) is 22.8. The predicted octanol–water partition coefficient (Wildman–Crippen LogP) is 4.39. The van der Waals surface area contributed by atoms with E-state index in [9.17, 15) is 14.4 Å². The Hall–Kier alpha value is -2.33. The van der Waals surface area contributed by atoms with Gasteiger partial charge in [-0.05, 0) is 81.9 Å². The van der Waals surface area contributed by atoms with Gasteiger partial charge in [0, 0.05) is 14.1 Å². The first-order chi connectivity index (χ1) is 15.0. The Bertz CT molecular complexity index is 971. The number of halogens is 2. The Balaban J connectivity index is 1.61. The Morgan fingerprint density at radius 2 is 1.97 bits per heavy atom. The van der Waals surface area contributed by atoms with Crippen LogP contribution in [0.4, 0.5) is 4.39 Å². The van der Waals surface area contributed by atoms with Crippen molar-refractivity contribution in [3.63, 3.8) is 0 Å². The van der Waals surface area contributed by atoms with Crippen LogP contribution >= 0.6 is 11.6 Å². The third-order valence-corrected chi connectivity index (χ3v) is 7.66. The summed E-state index contributed by atoms with van der Waals surface area (Å²) in [5.74, 6) is 1.73. The number of nitrogens with zero attached hydrogens (tertiary/aromatic N) is 3. The molecule has 0 aromatic heterocycles. The van der Waals surface area contributed by atoms with Crippen molar-refractivity contribution in [2.24, 2.45) is 28.2 Å². The third-order valence-electron chi connectivity index (χ3n) is 7.37. The molecule has 1 amide bonds. The number of carbonyl (C=O) groups is 1. The summed E-state index contributed by atoms with van der Waals surface area (Å²) in [6, 6.07) is 3.99. The topological polar surface area (TPSA) is 77.7 Å². The molecule has 4 aliphatic rings. The average Bonchev–Trinajstić information content (AvgIpc) is 2.70. The van der Waals surface area contributed by atoms with Gasteiger partial charge < -0.3 is 9.64 Å². The summed E-state index contributed by atoms with van der Waals surface area (Å²) >= 11 is 6.15. The number of hydrogen-bond acceptors (Lipinski definition) is 4. The number of nitriles is 1.